The van der Waals surface area contributed by atoms with Crippen molar-refractivity contribution in [3.8, 4) is 0 Å². The quantitative estimate of drug-likeness (QED) is 0.675. The fourth-order valence-corrected chi connectivity index (χ4v) is 0.987. The molecule has 2 N–H and O–H groups in total. The SMILES string of the molecule is C=CCc1nc(Cl)c(CO)[nH]1. The molecule has 0 aliphatic rings. The van der Waals surface area contributed by atoms with E-state index in [4.69, 9.17) is 16.7 Å². The van der Waals surface area contributed by atoms with Gasteiger partial charge in [-0.25, -0.2) is 4.98 Å². The van der Waals surface area contributed by atoms with Crippen molar-refractivity contribution < 1.29 is 5.11 Å². The van der Waals surface area contributed by atoms with E-state index in [1.807, 2.05) is 0 Å². The van der Waals surface area contributed by atoms with Crippen molar-refractivity contribution >= 4 is 11.6 Å². The first-order valence-corrected chi connectivity index (χ1v) is 3.60. The average Bonchev–Trinajstić information content (AvgIpc) is 2.32. The average molecular weight is 173 g/mol. The third-order valence-electron chi connectivity index (χ3n) is 1.27. The van der Waals surface area contributed by atoms with Gasteiger partial charge in [0.15, 0.2) is 5.15 Å². The van der Waals surface area contributed by atoms with Gasteiger partial charge in [-0.3, -0.25) is 0 Å². The summed E-state index contributed by atoms with van der Waals surface area (Å²) in [5, 5.41) is 9.06. The number of aromatic nitrogens is 2. The maximum atomic E-state index is 8.72. The molecule has 1 rings (SSSR count). The third-order valence-corrected chi connectivity index (χ3v) is 1.59. The smallest absolute Gasteiger partial charge is 0.152 e. The molecule has 60 valence electrons. The Bertz CT molecular complexity index is 257. The number of aliphatic hydroxyl groups excluding tert-OH is 1. The van der Waals surface area contributed by atoms with Crippen LogP contribution in [0.15, 0.2) is 12.7 Å². The summed E-state index contributed by atoms with van der Waals surface area (Å²) in [6.45, 7) is 3.45. The Labute approximate surface area is 69.7 Å². The number of halogens is 1. The topological polar surface area (TPSA) is 48.9 Å². The number of H-pyrrole nitrogens is 1. The molecule has 0 aliphatic carbocycles. The molecule has 0 aliphatic heterocycles. The zero-order valence-electron chi connectivity index (χ0n) is 5.97. The van der Waals surface area contributed by atoms with E-state index in [1.54, 1.807) is 6.08 Å². The van der Waals surface area contributed by atoms with E-state index >= 15 is 0 Å². The monoisotopic (exact) mass is 172 g/mol. The zero-order chi connectivity index (χ0) is 8.27. The van der Waals surface area contributed by atoms with Gasteiger partial charge in [0, 0.05) is 6.42 Å². The Morgan fingerprint density at radius 2 is 2.45 bits per heavy atom. The van der Waals surface area contributed by atoms with Crippen LogP contribution in [0, 0.1) is 0 Å². The van der Waals surface area contributed by atoms with Gasteiger partial charge in [-0.05, 0) is 0 Å². The van der Waals surface area contributed by atoms with Gasteiger partial charge in [-0.1, -0.05) is 17.7 Å². The minimum absolute atomic E-state index is 0.108. The van der Waals surface area contributed by atoms with Crippen molar-refractivity contribution in [1.29, 1.82) is 0 Å². The van der Waals surface area contributed by atoms with Gasteiger partial charge in [0.1, 0.15) is 5.82 Å². The Hall–Kier alpha value is -0.800. The van der Waals surface area contributed by atoms with E-state index in [2.05, 4.69) is 16.5 Å². The van der Waals surface area contributed by atoms with E-state index in [-0.39, 0.29) is 6.61 Å². The maximum Gasteiger partial charge on any atom is 0.152 e. The van der Waals surface area contributed by atoms with Crippen LogP contribution in [0.2, 0.25) is 5.15 Å². The van der Waals surface area contributed by atoms with Crippen LogP contribution < -0.4 is 0 Å². The molecule has 0 aromatic carbocycles. The Balaban J connectivity index is 2.85. The molecule has 1 heterocycles. The molecule has 0 amide bonds. The molecule has 3 nitrogen and oxygen atoms in total. The summed E-state index contributed by atoms with van der Waals surface area (Å²) in [4.78, 5) is 6.82. The van der Waals surface area contributed by atoms with E-state index in [1.165, 1.54) is 0 Å². The van der Waals surface area contributed by atoms with Crippen LogP contribution in [0.1, 0.15) is 11.5 Å². The van der Waals surface area contributed by atoms with Gasteiger partial charge in [0.2, 0.25) is 0 Å². The number of hydrogen-bond acceptors (Lipinski definition) is 2. The summed E-state index contributed by atoms with van der Waals surface area (Å²) in [6, 6.07) is 0. The van der Waals surface area contributed by atoms with Crippen LogP contribution in [0.3, 0.4) is 0 Å². The maximum absolute atomic E-state index is 8.72. The molecule has 0 saturated heterocycles. The standard InChI is InChI=1S/C7H9ClN2O/c1-2-3-6-9-5(4-11)7(8)10-6/h2,11H,1,3-4H2,(H,9,10). The first-order chi connectivity index (χ1) is 5.27. The number of aliphatic hydroxyl groups is 1. The number of nitrogens with one attached hydrogen (secondary N) is 1. The Morgan fingerprint density at radius 1 is 1.73 bits per heavy atom. The van der Waals surface area contributed by atoms with Gasteiger partial charge in [0.25, 0.3) is 0 Å². The number of nitrogens with zero attached hydrogens (tertiary/aromatic N) is 1. The summed E-state index contributed by atoms with van der Waals surface area (Å²) in [5.74, 6) is 0.731. The number of rotatable bonds is 3. The lowest BCUT2D eigenvalue weighted by Gasteiger charge is -1.87. The molecule has 0 unspecified atom stereocenters. The van der Waals surface area contributed by atoms with Gasteiger partial charge < -0.3 is 10.1 Å². The zero-order valence-corrected chi connectivity index (χ0v) is 6.73. The minimum Gasteiger partial charge on any atom is -0.390 e. The van der Waals surface area contributed by atoms with E-state index in [0.717, 1.165) is 5.82 Å². The number of allylic oxidation sites excluding steroid dienone is 1. The highest BCUT2D eigenvalue weighted by Crippen LogP contribution is 2.12. The molecule has 0 bridgehead atoms. The van der Waals surface area contributed by atoms with Crippen LogP contribution in [0.4, 0.5) is 0 Å². The van der Waals surface area contributed by atoms with Gasteiger partial charge in [-0.2, -0.15) is 0 Å². The lowest BCUT2D eigenvalue weighted by molar-refractivity contribution is 0.277. The van der Waals surface area contributed by atoms with Crippen LogP contribution >= 0.6 is 11.6 Å². The fraction of sp³-hybridized carbons (Fsp3) is 0.286. The predicted molar refractivity (Wildman–Crippen MR) is 43.4 cm³/mol. The first-order valence-electron chi connectivity index (χ1n) is 3.23. The molecule has 0 spiro atoms. The molecule has 1 aromatic heterocycles. The fourth-order valence-electron chi connectivity index (χ4n) is 0.778. The molecule has 0 atom stereocenters. The molecule has 0 radical (unpaired) electrons. The van der Waals surface area contributed by atoms with Crippen molar-refractivity contribution in [2.75, 3.05) is 0 Å². The highest BCUT2D eigenvalue weighted by molar-refractivity contribution is 6.30. The molecular weight excluding hydrogens is 164 g/mol. The van der Waals surface area contributed by atoms with Gasteiger partial charge >= 0.3 is 0 Å². The summed E-state index contributed by atoms with van der Waals surface area (Å²) < 4.78 is 0. The third kappa shape index (κ3) is 1.82. The molecule has 1 aromatic rings. The number of hydrogen-bond donors (Lipinski definition) is 2. The second-order valence-electron chi connectivity index (χ2n) is 2.10. The van der Waals surface area contributed by atoms with Gasteiger partial charge in [-0.15, -0.1) is 6.58 Å². The lowest BCUT2D eigenvalue weighted by atomic mass is 10.4. The second kappa shape index (κ2) is 3.55. The van der Waals surface area contributed by atoms with Crippen molar-refractivity contribution in [3.05, 3.63) is 29.3 Å². The van der Waals surface area contributed by atoms with Crippen molar-refractivity contribution in [2.45, 2.75) is 13.0 Å². The van der Waals surface area contributed by atoms with Crippen LogP contribution in [-0.4, -0.2) is 15.1 Å². The highest BCUT2D eigenvalue weighted by atomic mass is 35.5. The lowest BCUT2D eigenvalue weighted by Crippen LogP contribution is -1.85. The summed E-state index contributed by atoms with van der Waals surface area (Å²) in [6.07, 6.45) is 2.36. The summed E-state index contributed by atoms with van der Waals surface area (Å²) in [7, 11) is 0. The normalized spacial score (nSPS) is 10.0. The molecule has 4 heteroatoms. The van der Waals surface area contributed by atoms with Crippen molar-refractivity contribution in [3.63, 3.8) is 0 Å². The van der Waals surface area contributed by atoms with Crippen LogP contribution in [0.5, 0.6) is 0 Å². The molecule has 0 fully saturated rings. The van der Waals surface area contributed by atoms with Crippen molar-refractivity contribution in [2.24, 2.45) is 0 Å². The number of imidazole rings is 1. The van der Waals surface area contributed by atoms with Gasteiger partial charge in [0.05, 0.1) is 12.3 Å². The minimum atomic E-state index is -0.108. The second-order valence-corrected chi connectivity index (χ2v) is 2.46. The van der Waals surface area contributed by atoms with E-state index in [9.17, 15) is 0 Å². The summed E-state index contributed by atoms with van der Waals surface area (Å²) in [5.41, 5.74) is 0.559. The van der Waals surface area contributed by atoms with Crippen molar-refractivity contribution in [1.82, 2.24) is 9.97 Å². The van der Waals surface area contributed by atoms with Crippen LogP contribution in [-0.2, 0) is 13.0 Å². The summed E-state index contributed by atoms with van der Waals surface area (Å²) >= 11 is 5.64. The first kappa shape index (κ1) is 8.30. The number of aromatic amines is 1. The Morgan fingerprint density at radius 3 is 2.91 bits per heavy atom. The van der Waals surface area contributed by atoms with Crippen LogP contribution in [0.25, 0.3) is 0 Å². The Kier molecular flexibility index (Phi) is 2.68. The largest absolute Gasteiger partial charge is 0.390 e. The molecular formula is C7H9ClN2O. The highest BCUT2D eigenvalue weighted by Gasteiger charge is 2.04. The van der Waals surface area contributed by atoms with E-state index < -0.39 is 0 Å². The molecule has 11 heavy (non-hydrogen) atoms. The molecule has 0 saturated carbocycles. The predicted octanol–water partition coefficient (Wildman–Crippen LogP) is 1.28. The van der Waals surface area contributed by atoms with E-state index in [0.29, 0.717) is 17.3 Å².